The first kappa shape index (κ1) is 20.5. The summed E-state index contributed by atoms with van der Waals surface area (Å²) in [5.74, 6) is 1.62. The molecule has 0 saturated carbocycles. The zero-order chi connectivity index (χ0) is 19.9. The molecule has 1 aliphatic heterocycles. The Hall–Kier alpha value is -2.27. The van der Waals surface area contributed by atoms with Crippen LogP contribution in [0.5, 0.6) is 5.75 Å². The maximum absolute atomic E-state index is 5.54. The number of hydrogen-bond donors (Lipinski definition) is 2. The van der Waals surface area contributed by atoms with Gasteiger partial charge in [0.1, 0.15) is 5.75 Å². The number of thiocarbonyl (C=S) groups is 1. The third kappa shape index (κ3) is 5.61. The summed E-state index contributed by atoms with van der Waals surface area (Å²) >= 11 is 5.49. The van der Waals surface area contributed by atoms with E-state index >= 15 is 0 Å². The average molecular weight is 398 g/mol. The third-order valence-corrected chi connectivity index (χ3v) is 5.39. The van der Waals surface area contributed by atoms with E-state index in [0.717, 1.165) is 30.4 Å². The SMILES string of the molecule is CCOc1cccc(NC(=S)N[C@H](C)c2ccc(N3CCC[C@@H](C)C3)cc2)c1. The van der Waals surface area contributed by atoms with Gasteiger partial charge in [-0.2, -0.15) is 0 Å². The van der Waals surface area contributed by atoms with E-state index in [9.17, 15) is 0 Å². The lowest BCUT2D eigenvalue weighted by atomic mass is 9.99. The fourth-order valence-corrected chi connectivity index (χ4v) is 3.97. The molecule has 2 aromatic rings. The minimum atomic E-state index is 0.129. The van der Waals surface area contributed by atoms with Gasteiger partial charge in [-0.1, -0.05) is 25.1 Å². The van der Waals surface area contributed by atoms with Gasteiger partial charge in [0.05, 0.1) is 12.6 Å². The van der Waals surface area contributed by atoms with Gasteiger partial charge in [-0.3, -0.25) is 0 Å². The Bertz CT molecular complexity index is 778. The maximum atomic E-state index is 5.54. The number of hydrogen-bond acceptors (Lipinski definition) is 3. The lowest BCUT2D eigenvalue weighted by Gasteiger charge is -2.33. The molecule has 1 heterocycles. The minimum Gasteiger partial charge on any atom is -0.494 e. The summed E-state index contributed by atoms with van der Waals surface area (Å²) < 4.78 is 5.54. The molecule has 28 heavy (non-hydrogen) atoms. The van der Waals surface area contributed by atoms with Gasteiger partial charge >= 0.3 is 0 Å². The lowest BCUT2D eigenvalue weighted by molar-refractivity contribution is 0.340. The molecule has 0 spiro atoms. The Morgan fingerprint density at radius 3 is 2.75 bits per heavy atom. The van der Waals surface area contributed by atoms with E-state index in [1.165, 1.54) is 24.1 Å². The topological polar surface area (TPSA) is 36.5 Å². The Kier molecular flexibility index (Phi) is 7.15. The fraction of sp³-hybridized carbons (Fsp3) is 0.435. The second-order valence-corrected chi connectivity index (χ2v) is 7.97. The van der Waals surface area contributed by atoms with Crippen molar-refractivity contribution in [3.63, 3.8) is 0 Å². The lowest BCUT2D eigenvalue weighted by Crippen LogP contribution is -2.34. The molecule has 150 valence electrons. The van der Waals surface area contributed by atoms with Gasteiger partial charge in [-0.15, -0.1) is 0 Å². The van der Waals surface area contributed by atoms with Gasteiger partial charge in [0, 0.05) is 30.5 Å². The van der Waals surface area contributed by atoms with E-state index in [0.29, 0.717) is 11.7 Å². The molecule has 4 nitrogen and oxygen atoms in total. The summed E-state index contributed by atoms with van der Waals surface area (Å²) in [6.45, 7) is 9.40. The summed E-state index contributed by atoms with van der Waals surface area (Å²) in [6.07, 6.45) is 2.62. The van der Waals surface area contributed by atoms with E-state index in [1.807, 2.05) is 31.2 Å². The molecule has 2 aromatic carbocycles. The summed E-state index contributed by atoms with van der Waals surface area (Å²) in [6, 6.07) is 16.8. The van der Waals surface area contributed by atoms with Gasteiger partial charge in [-0.05, 0) is 74.7 Å². The molecule has 0 aromatic heterocycles. The van der Waals surface area contributed by atoms with Crippen molar-refractivity contribution < 1.29 is 4.74 Å². The van der Waals surface area contributed by atoms with Crippen LogP contribution in [-0.4, -0.2) is 24.8 Å². The third-order valence-electron chi connectivity index (χ3n) is 5.17. The van der Waals surface area contributed by atoms with Gasteiger partial charge in [0.25, 0.3) is 0 Å². The van der Waals surface area contributed by atoms with Gasteiger partial charge < -0.3 is 20.3 Å². The van der Waals surface area contributed by atoms with Crippen LogP contribution >= 0.6 is 12.2 Å². The van der Waals surface area contributed by atoms with Gasteiger partial charge in [-0.25, -0.2) is 0 Å². The van der Waals surface area contributed by atoms with Crippen LogP contribution in [0, 0.1) is 5.92 Å². The second-order valence-electron chi connectivity index (χ2n) is 7.57. The minimum absolute atomic E-state index is 0.129. The van der Waals surface area contributed by atoms with Crippen LogP contribution in [-0.2, 0) is 0 Å². The maximum Gasteiger partial charge on any atom is 0.171 e. The van der Waals surface area contributed by atoms with Crippen LogP contribution in [0.15, 0.2) is 48.5 Å². The van der Waals surface area contributed by atoms with Crippen molar-refractivity contribution in [2.75, 3.05) is 29.9 Å². The van der Waals surface area contributed by atoms with E-state index in [1.54, 1.807) is 0 Å². The average Bonchev–Trinajstić information content (AvgIpc) is 2.68. The summed E-state index contributed by atoms with van der Waals surface area (Å²) in [4.78, 5) is 2.49. The standard InChI is InChI=1S/C23H31N3OS/c1-4-27-22-9-5-8-20(15-22)25-23(28)24-18(3)19-10-12-21(13-11-19)26-14-6-7-17(2)16-26/h5,8-13,15,17-18H,4,6-7,14,16H2,1-3H3,(H2,24,25,28)/t17-,18-/m1/s1. The molecule has 3 rings (SSSR count). The van der Waals surface area contributed by atoms with Crippen molar-refractivity contribution in [1.82, 2.24) is 5.32 Å². The van der Waals surface area contributed by atoms with Crippen molar-refractivity contribution in [3.05, 3.63) is 54.1 Å². The molecule has 0 unspecified atom stereocenters. The molecule has 0 radical (unpaired) electrons. The smallest absolute Gasteiger partial charge is 0.171 e. The molecule has 0 bridgehead atoms. The molecule has 2 N–H and O–H groups in total. The summed E-state index contributed by atoms with van der Waals surface area (Å²) in [7, 11) is 0. The molecule has 5 heteroatoms. The highest BCUT2D eigenvalue weighted by Gasteiger charge is 2.17. The second kappa shape index (κ2) is 9.78. The van der Waals surface area contributed by atoms with Crippen molar-refractivity contribution in [3.8, 4) is 5.75 Å². The van der Waals surface area contributed by atoms with E-state index in [2.05, 4.69) is 53.6 Å². The van der Waals surface area contributed by atoms with Crippen molar-refractivity contribution in [2.45, 2.75) is 39.7 Å². The van der Waals surface area contributed by atoms with Crippen LogP contribution in [0.1, 0.15) is 45.2 Å². The molecule has 0 aliphatic carbocycles. The monoisotopic (exact) mass is 397 g/mol. The highest BCUT2D eigenvalue weighted by Crippen LogP contribution is 2.25. The van der Waals surface area contributed by atoms with Crippen LogP contribution in [0.25, 0.3) is 0 Å². The van der Waals surface area contributed by atoms with E-state index < -0.39 is 0 Å². The van der Waals surface area contributed by atoms with Crippen LogP contribution in [0.2, 0.25) is 0 Å². The number of ether oxygens (including phenoxy) is 1. The van der Waals surface area contributed by atoms with Crippen molar-refractivity contribution in [2.24, 2.45) is 5.92 Å². The predicted octanol–water partition coefficient (Wildman–Crippen LogP) is 5.37. The number of nitrogens with one attached hydrogen (secondary N) is 2. The zero-order valence-electron chi connectivity index (χ0n) is 17.1. The highest BCUT2D eigenvalue weighted by molar-refractivity contribution is 7.80. The first-order valence-corrected chi connectivity index (χ1v) is 10.6. The van der Waals surface area contributed by atoms with Crippen molar-refractivity contribution in [1.29, 1.82) is 0 Å². The van der Waals surface area contributed by atoms with E-state index in [4.69, 9.17) is 17.0 Å². The van der Waals surface area contributed by atoms with Gasteiger partial charge in [0.15, 0.2) is 5.11 Å². The molecule has 1 aliphatic rings. The Labute approximate surface area is 174 Å². The normalized spacial score (nSPS) is 17.7. The highest BCUT2D eigenvalue weighted by atomic mass is 32.1. The zero-order valence-corrected chi connectivity index (χ0v) is 17.9. The fourth-order valence-electron chi connectivity index (χ4n) is 3.68. The summed E-state index contributed by atoms with van der Waals surface area (Å²) in [5.41, 5.74) is 3.46. The molecule has 0 amide bonds. The molecule has 1 fully saturated rings. The largest absolute Gasteiger partial charge is 0.494 e. The first-order chi connectivity index (χ1) is 13.5. The molecule has 2 atom stereocenters. The van der Waals surface area contributed by atoms with E-state index in [-0.39, 0.29) is 6.04 Å². The predicted molar refractivity (Wildman–Crippen MR) is 122 cm³/mol. The number of benzene rings is 2. The Morgan fingerprint density at radius 1 is 1.25 bits per heavy atom. The number of rotatable bonds is 6. The molecular weight excluding hydrogens is 366 g/mol. The molecular formula is C23H31N3OS. The first-order valence-electron chi connectivity index (χ1n) is 10.2. The number of nitrogens with zero attached hydrogens (tertiary/aromatic N) is 1. The van der Waals surface area contributed by atoms with Crippen LogP contribution in [0.4, 0.5) is 11.4 Å². The number of anilines is 2. The van der Waals surface area contributed by atoms with Gasteiger partial charge in [0.2, 0.25) is 0 Å². The Balaban J connectivity index is 1.55. The van der Waals surface area contributed by atoms with Crippen LogP contribution < -0.4 is 20.3 Å². The van der Waals surface area contributed by atoms with Crippen LogP contribution in [0.3, 0.4) is 0 Å². The van der Waals surface area contributed by atoms with Crippen molar-refractivity contribution >= 4 is 28.7 Å². The number of piperidine rings is 1. The Morgan fingerprint density at radius 2 is 2.04 bits per heavy atom. The molecule has 1 saturated heterocycles. The summed E-state index contributed by atoms with van der Waals surface area (Å²) in [5, 5.41) is 7.22. The quantitative estimate of drug-likeness (QED) is 0.641.